The lowest BCUT2D eigenvalue weighted by atomic mass is 10.2. The van der Waals surface area contributed by atoms with Gasteiger partial charge in [0, 0.05) is 25.7 Å². The molecule has 5 heteroatoms. The fraction of sp³-hybridized carbons (Fsp3) is 0.692. The van der Waals surface area contributed by atoms with E-state index < -0.39 is 0 Å². The van der Waals surface area contributed by atoms with E-state index in [0.29, 0.717) is 12.0 Å². The molecule has 0 saturated heterocycles. The van der Waals surface area contributed by atoms with Crippen LogP contribution in [-0.4, -0.2) is 33.3 Å². The molecule has 0 atom stereocenters. The number of hydrogen-bond donors (Lipinski definition) is 1. The summed E-state index contributed by atoms with van der Waals surface area (Å²) in [5, 5.41) is 7.17. The van der Waals surface area contributed by atoms with E-state index in [4.69, 9.17) is 0 Å². The van der Waals surface area contributed by atoms with E-state index in [2.05, 4.69) is 24.3 Å². The maximum absolute atomic E-state index is 12.3. The first-order valence-electron chi connectivity index (χ1n) is 6.55. The van der Waals surface area contributed by atoms with Gasteiger partial charge in [-0.2, -0.15) is 5.10 Å². The first kappa shape index (κ1) is 12.9. The van der Waals surface area contributed by atoms with Crippen molar-refractivity contribution in [1.82, 2.24) is 14.7 Å². The van der Waals surface area contributed by atoms with Crippen LogP contribution in [-0.2, 0) is 7.05 Å². The molecule has 1 heterocycles. The molecule has 0 aliphatic heterocycles. The number of urea groups is 1. The number of hydrogen-bond acceptors (Lipinski definition) is 2. The SMILES string of the molecule is Cc1cc(NC(=O)N(CC(C)C)C2CC2)n(C)n1. The van der Waals surface area contributed by atoms with Gasteiger partial charge in [-0.15, -0.1) is 0 Å². The molecule has 1 aromatic heterocycles. The minimum Gasteiger partial charge on any atom is -0.321 e. The highest BCUT2D eigenvalue weighted by molar-refractivity contribution is 5.88. The Labute approximate surface area is 108 Å². The standard InChI is InChI=1S/C13H22N4O/c1-9(2)8-17(11-5-6-11)13(18)14-12-7-10(3)15-16(12)4/h7,9,11H,5-6,8H2,1-4H3,(H,14,18). The van der Waals surface area contributed by atoms with E-state index >= 15 is 0 Å². The van der Waals surface area contributed by atoms with Crippen molar-refractivity contribution in [3.63, 3.8) is 0 Å². The van der Waals surface area contributed by atoms with Crippen LogP contribution in [0.25, 0.3) is 0 Å². The van der Waals surface area contributed by atoms with Crippen LogP contribution in [0.2, 0.25) is 0 Å². The highest BCUT2D eigenvalue weighted by atomic mass is 16.2. The van der Waals surface area contributed by atoms with Gasteiger partial charge < -0.3 is 4.90 Å². The van der Waals surface area contributed by atoms with Gasteiger partial charge in [-0.1, -0.05) is 13.8 Å². The van der Waals surface area contributed by atoms with Crippen LogP contribution in [0.4, 0.5) is 10.6 Å². The van der Waals surface area contributed by atoms with Gasteiger partial charge in [0.2, 0.25) is 0 Å². The fourth-order valence-electron chi connectivity index (χ4n) is 2.09. The molecule has 0 spiro atoms. The number of aromatic nitrogens is 2. The van der Waals surface area contributed by atoms with Crippen molar-refractivity contribution in [2.45, 2.75) is 39.7 Å². The van der Waals surface area contributed by atoms with Crippen molar-refractivity contribution in [1.29, 1.82) is 0 Å². The molecule has 1 fully saturated rings. The Morgan fingerprint density at radius 3 is 2.72 bits per heavy atom. The summed E-state index contributed by atoms with van der Waals surface area (Å²) in [5.41, 5.74) is 0.912. The van der Waals surface area contributed by atoms with Crippen molar-refractivity contribution in [3.05, 3.63) is 11.8 Å². The van der Waals surface area contributed by atoms with E-state index in [-0.39, 0.29) is 6.03 Å². The number of carbonyl (C=O) groups excluding carboxylic acids is 1. The maximum atomic E-state index is 12.3. The number of nitrogens with zero attached hydrogens (tertiary/aromatic N) is 3. The molecule has 0 radical (unpaired) electrons. The molecule has 1 saturated carbocycles. The van der Waals surface area contributed by atoms with Crippen molar-refractivity contribution in [2.24, 2.45) is 13.0 Å². The smallest absolute Gasteiger partial charge is 0.321 e. The Morgan fingerprint density at radius 2 is 2.28 bits per heavy atom. The molecule has 0 bridgehead atoms. The molecular weight excluding hydrogens is 228 g/mol. The van der Waals surface area contributed by atoms with Crippen molar-refractivity contribution in [3.8, 4) is 0 Å². The molecular formula is C13H22N4O. The average molecular weight is 250 g/mol. The van der Waals surface area contributed by atoms with Gasteiger partial charge >= 0.3 is 6.03 Å². The summed E-state index contributed by atoms with van der Waals surface area (Å²) < 4.78 is 1.70. The first-order chi connectivity index (χ1) is 8.47. The molecule has 5 nitrogen and oxygen atoms in total. The second-order valence-electron chi connectivity index (χ2n) is 5.50. The predicted molar refractivity (Wildman–Crippen MR) is 71.5 cm³/mol. The highest BCUT2D eigenvalue weighted by Crippen LogP contribution is 2.28. The van der Waals surface area contributed by atoms with Crippen LogP contribution in [0, 0.1) is 12.8 Å². The third-order valence-electron chi connectivity index (χ3n) is 3.05. The molecule has 18 heavy (non-hydrogen) atoms. The molecule has 2 amide bonds. The van der Waals surface area contributed by atoms with Crippen LogP contribution < -0.4 is 5.32 Å². The Balaban J connectivity index is 2.02. The largest absolute Gasteiger partial charge is 0.323 e. The Hall–Kier alpha value is -1.52. The number of nitrogens with one attached hydrogen (secondary N) is 1. The molecule has 100 valence electrons. The second kappa shape index (κ2) is 5.00. The zero-order chi connectivity index (χ0) is 13.3. The first-order valence-corrected chi connectivity index (χ1v) is 6.55. The van der Waals surface area contributed by atoms with E-state index in [1.54, 1.807) is 4.68 Å². The van der Waals surface area contributed by atoms with Crippen LogP contribution in [0.15, 0.2) is 6.07 Å². The molecule has 1 aromatic rings. The number of amides is 2. The summed E-state index contributed by atoms with van der Waals surface area (Å²) in [6, 6.07) is 2.31. The molecule has 0 unspecified atom stereocenters. The number of anilines is 1. The third-order valence-corrected chi connectivity index (χ3v) is 3.05. The van der Waals surface area contributed by atoms with Gasteiger partial charge in [-0.05, 0) is 25.7 Å². The van der Waals surface area contributed by atoms with Crippen molar-refractivity contribution < 1.29 is 4.79 Å². The molecule has 1 aliphatic carbocycles. The van der Waals surface area contributed by atoms with Gasteiger partial charge in [-0.3, -0.25) is 10.00 Å². The Kier molecular flexibility index (Phi) is 3.59. The number of aryl methyl sites for hydroxylation is 2. The van der Waals surface area contributed by atoms with Crippen LogP contribution in [0.5, 0.6) is 0 Å². The zero-order valence-corrected chi connectivity index (χ0v) is 11.6. The average Bonchev–Trinajstić information content (AvgIpc) is 3.03. The minimum absolute atomic E-state index is 0.00537. The summed E-state index contributed by atoms with van der Waals surface area (Å²) in [6.07, 6.45) is 2.26. The number of rotatable bonds is 4. The summed E-state index contributed by atoms with van der Waals surface area (Å²) in [7, 11) is 1.84. The summed E-state index contributed by atoms with van der Waals surface area (Å²) in [5.74, 6) is 1.25. The van der Waals surface area contributed by atoms with Crippen LogP contribution in [0.3, 0.4) is 0 Å². The summed E-state index contributed by atoms with van der Waals surface area (Å²) in [4.78, 5) is 14.2. The van der Waals surface area contributed by atoms with Crippen LogP contribution in [0.1, 0.15) is 32.4 Å². The Bertz CT molecular complexity index is 434. The molecule has 2 rings (SSSR count). The van der Waals surface area contributed by atoms with E-state index in [1.807, 2.05) is 24.9 Å². The topological polar surface area (TPSA) is 50.2 Å². The fourth-order valence-corrected chi connectivity index (χ4v) is 2.09. The Morgan fingerprint density at radius 1 is 1.61 bits per heavy atom. The van der Waals surface area contributed by atoms with E-state index in [9.17, 15) is 4.79 Å². The molecule has 0 aromatic carbocycles. The van der Waals surface area contributed by atoms with Crippen molar-refractivity contribution in [2.75, 3.05) is 11.9 Å². The summed E-state index contributed by atoms with van der Waals surface area (Å²) in [6.45, 7) is 7.00. The van der Waals surface area contributed by atoms with E-state index in [1.165, 1.54) is 0 Å². The van der Waals surface area contributed by atoms with Gasteiger partial charge in [-0.25, -0.2) is 4.79 Å². The van der Waals surface area contributed by atoms with Gasteiger partial charge in [0.05, 0.1) is 5.69 Å². The molecule has 1 N–H and O–H groups in total. The minimum atomic E-state index is -0.00537. The second-order valence-corrected chi connectivity index (χ2v) is 5.50. The monoisotopic (exact) mass is 250 g/mol. The third kappa shape index (κ3) is 3.03. The lowest BCUT2D eigenvalue weighted by molar-refractivity contribution is 0.201. The van der Waals surface area contributed by atoms with Gasteiger partial charge in [0.25, 0.3) is 0 Å². The lowest BCUT2D eigenvalue weighted by Crippen LogP contribution is -2.39. The van der Waals surface area contributed by atoms with Crippen LogP contribution >= 0.6 is 0 Å². The van der Waals surface area contributed by atoms with Crippen molar-refractivity contribution >= 4 is 11.8 Å². The van der Waals surface area contributed by atoms with Gasteiger partial charge in [0.1, 0.15) is 5.82 Å². The van der Waals surface area contributed by atoms with Gasteiger partial charge in [0.15, 0.2) is 0 Å². The molecule has 1 aliphatic rings. The summed E-state index contributed by atoms with van der Waals surface area (Å²) >= 11 is 0. The zero-order valence-electron chi connectivity index (χ0n) is 11.6. The predicted octanol–water partition coefficient (Wildman–Crippen LogP) is 2.38. The maximum Gasteiger partial charge on any atom is 0.323 e. The number of carbonyl (C=O) groups is 1. The highest BCUT2D eigenvalue weighted by Gasteiger charge is 2.33. The normalized spacial score (nSPS) is 14.9. The quantitative estimate of drug-likeness (QED) is 0.892. The lowest BCUT2D eigenvalue weighted by Gasteiger charge is -2.24. The van der Waals surface area contributed by atoms with E-state index in [0.717, 1.165) is 30.9 Å².